The van der Waals surface area contributed by atoms with E-state index in [2.05, 4.69) is 24.3 Å². The molecular formula is C33H33NO5. The summed E-state index contributed by atoms with van der Waals surface area (Å²) in [7, 11) is 0. The van der Waals surface area contributed by atoms with Gasteiger partial charge in [-0.15, -0.1) is 0 Å². The maximum Gasteiger partial charge on any atom is 0.341 e. The third kappa shape index (κ3) is 8.20. The van der Waals surface area contributed by atoms with Crippen molar-refractivity contribution >= 4 is 11.9 Å². The summed E-state index contributed by atoms with van der Waals surface area (Å²) in [4.78, 5) is 26.3. The number of carbonyl (C=O) groups excluding carboxylic acids is 1. The van der Waals surface area contributed by atoms with E-state index in [1.807, 2.05) is 59.5 Å². The summed E-state index contributed by atoms with van der Waals surface area (Å²) in [5.74, 6) is -0.316. The van der Waals surface area contributed by atoms with Crippen LogP contribution in [0.3, 0.4) is 0 Å². The second kappa shape index (κ2) is 13.8. The monoisotopic (exact) mass is 523 g/mol. The van der Waals surface area contributed by atoms with Crippen molar-refractivity contribution in [1.29, 1.82) is 0 Å². The molecule has 0 radical (unpaired) electrons. The molecule has 0 heterocycles. The number of ether oxygens (including phenoxy) is 1. The molecule has 6 heteroatoms. The summed E-state index contributed by atoms with van der Waals surface area (Å²) in [5, 5.41) is 18.6. The summed E-state index contributed by atoms with van der Waals surface area (Å²) in [6.07, 6.45) is 2.20. The van der Waals surface area contributed by atoms with E-state index in [0.717, 1.165) is 18.4 Å². The smallest absolute Gasteiger partial charge is 0.341 e. The standard InChI is InChI=1S/C33H33NO5/c35-29-18-16-28(17-19-29)33(38)34(21-8-10-25-9-7-15-30(23-25)39-24-32(36)37)22-20-31(26-11-3-1-4-12-26)27-13-5-2-6-14-27/h1-7,9,11-19,23,31,35H,8,10,20-22,24H2,(H,36,37). The van der Waals surface area contributed by atoms with Crippen LogP contribution in [-0.2, 0) is 11.2 Å². The Kier molecular flexibility index (Phi) is 9.73. The second-order valence-electron chi connectivity index (χ2n) is 9.44. The van der Waals surface area contributed by atoms with Crippen LogP contribution in [0, 0.1) is 0 Å². The molecule has 0 spiro atoms. The molecule has 0 aliphatic carbocycles. The fourth-order valence-electron chi connectivity index (χ4n) is 4.69. The van der Waals surface area contributed by atoms with Gasteiger partial charge in [0.1, 0.15) is 11.5 Å². The lowest BCUT2D eigenvalue weighted by Crippen LogP contribution is -2.34. The average Bonchev–Trinajstić information content (AvgIpc) is 2.96. The number of carbonyl (C=O) groups is 2. The number of carboxylic acids is 1. The zero-order chi connectivity index (χ0) is 27.5. The van der Waals surface area contributed by atoms with E-state index in [4.69, 9.17) is 9.84 Å². The molecule has 1 amide bonds. The fourth-order valence-corrected chi connectivity index (χ4v) is 4.69. The summed E-state index contributed by atoms with van der Waals surface area (Å²) < 4.78 is 5.31. The molecular weight excluding hydrogens is 490 g/mol. The van der Waals surface area contributed by atoms with Crippen LogP contribution >= 0.6 is 0 Å². The third-order valence-electron chi connectivity index (χ3n) is 6.65. The van der Waals surface area contributed by atoms with Crippen LogP contribution in [0.25, 0.3) is 0 Å². The topological polar surface area (TPSA) is 87.1 Å². The number of benzene rings is 4. The van der Waals surface area contributed by atoms with E-state index >= 15 is 0 Å². The van der Waals surface area contributed by atoms with Gasteiger partial charge in [0.2, 0.25) is 0 Å². The first-order valence-electron chi connectivity index (χ1n) is 13.1. The van der Waals surface area contributed by atoms with E-state index in [1.54, 1.807) is 18.2 Å². The van der Waals surface area contributed by atoms with Crippen LogP contribution in [0.4, 0.5) is 0 Å². The first-order chi connectivity index (χ1) is 19.0. The molecule has 0 fully saturated rings. The Bertz CT molecular complexity index is 1300. The largest absolute Gasteiger partial charge is 0.508 e. The summed E-state index contributed by atoms with van der Waals surface area (Å²) in [5.41, 5.74) is 3.96. The Morgan fingerprint density at radius 3 is 2.03 bits per heavy atom. The first kappa shape index (κ1) is 27.5. The Hall–Kier alpha value is -4.58. The fraction of sp³-hybridized carbons (Fsp3) is 0.212. The molecule has 200 valence electrons. The SMILES string of the molecule is O=C(O)COc1cccc(CCCN(CCC(c2ccccc2)c2ccccc2)C(=O)c2ccc(O)cc2)c1. The lowest BCUT2D eigenvalue weighted by molar-refractivity contribution is -0.139. The highest BCUT2D eigenvalue weighted by molar-refractivity contribution is 5.94. The summed E-state index contributed by atoms with van der Waals surface area (Å²) >= 11 is 0. The molecule has 4 rings (SSSR count). The molecule has 4 aromatic carbocycles. The zero-order valence-electron chi connectivity index (χ0n) is 21.8. The lowest BCUT2D eigenvalue weighted by atomic mass is 9.88. The predicted octanol–water partition coefficient (Wildman–Crippen LogP) is 6.15. The number of aromatic hydroxyl groups is 1. The van der Waals surface area contributed by atoms with Gasteiger partial charge >= 0.3 is 5.97 Å². The van der Waals surface area contributed by atoms with Gasteiger partial charge in [0.25, 0.3) is 5.91 Å². The van der Waals surface area contributed by atoms with Gasteiger partial charge in [-0.3, -0.25) is 4.79 Å². The second-order valence-corrected chi connectivity index (χ2v) is 9.44. The highest BCUT2D eigenvalue weighted by atomic mass is 16.5. The summed E-state index contributed by atoms with van der Waals surface area (Å²) in [6.45, 7) is 0.731. The van der Waals surface area contributed by atoms with E-state index in [1.165, 1.54) is 23.3 Å². The van der Waals surface area contributed by atoms with Gasteiger partial charge in [0.05, 0.1) is 0 Å². The van der Waals surface area contributed by atoms with Crippen molar-refractivity contribution in [1.82, 2.24) is 4.90 Å². The maximum atomic E-state index is 13.6. The number of carboxylic acid groups (broad SMARTS) is 1. The third-order valence-corrected chi connectivity index (χ3v) is 6.65. The zero-order valence-corrected chi connectivity index (χ0v) is 21.8. The molecule has 39 heavy (non-hydrogen) atoms. The molecule has 6 nitrogen and oxygen atoms in total. The van der Waals surface area contributed by atoms with Crippen LogP contribution < -0.4 is 4.74 Å². The van der Waals surface area contributed by atoms with Gasteiger partial charge < -0.3 is 19.8 Å². The van der Waals surface area contributed by atoms with Crippen LogP contribution in [0.15, 0.2) is 109 Å². The van der Waals surface area contributed by atoms with Crippen molar-refractivity contribution in [2.45, 2.75) is 25.2 Å². The minimum Gasteiger partial charge on any atom is -0.508 e. The molecule has 2 N–H and O–H groups in total. The van der Waals surface area contributed by atoms with Crippen molar-refractivity contribution in [3.8, 4) is 11.5 Å². The van der Waals surface area contributed by atoms with E-state index in [0.29, 0.717) is 30.8 Å². The minimum atomic E-state index is -1.02. The van der Waals surface area contributed by atoms with Gasteiger partial charge in [-0.05, 0) is 72.4 Å². The molecule has 0 aliphatic rings. The molecule has 0 atom stereocenters. The van der Waals surface area contributed by atoms with Crippen LogP contribution in [0.1, 0.15) is 45.8 Å². The van der Waals surface area contributed by atoms with Crippen molar-refractivity contribution < 1.29 is 24.5 Å². The van der Waals surface area contributed by atoms with Crippen molar-refractivity contribution in [3.63, 3.8) is 0 Å². The Morgan fingerprint density at radius 2 is 1.41 bits per heavy atom. The average molecular weight is 524 g/mol. The molecule has 0 saturated carbocycles. The molecule has 0 saturated heterocycles. The van der Waals surface area contributed by atoms with E-state index < -0.39 is 5.97 Å². The molecule has 4 aromatic rings. The Labute approximate surface area is 229 Å². The lowest BCUT2D eigenvalue weighted by Gasteiger charge is -2.26. The highest BCUT2D eigenvalue weighted by Gasteiger charge is 2.20. The molecule has 0 unspecified atom stereocenters. The van der Waals surface area contributed by atoms with Crippen LogP contribution in [0.2, 0.25) is 0 Å². The van der Waals surface area contributed by atoms with Gasteiger partial charge in [0, 0.05) is 24.6 Å². The Balaban J connectivity index is 1.48. The van der Waals surface area contributed by atoms with Gasteiger partial charge in [0.15, 0.2) is 6.61 Å². The highest BCUT2D eigenvalue weighted by Crippen LogP contribution is 2.28. The van der Waals surface area contributed by atoms with E-state index in [9.17, 15) is 14.7 Å². The molecule has 0 aromatic heterocycles. The number of aryl methyl sites for hydroxylation is 1. The quantitative estimate of drug-likeness (QED) is 0.219. The minimum absolute atomic E-state index is 0.0755. The number of phenols is 1. The van der Waals surface area contributed by atoms with Gasteiger partial charge in [-0.2, -0.15) is 0 Å². The van der Waals surface area contributed by atoms with Crippen molar-refractivity contribution in [2.24, 2.45) is 0 Å². The van der Waals surface area contributed by atoms with Crippen molar-refractivity contribution in [2.75, 3.05) is 19.7 Å². The van der Waals surface area contributed by atoms with E-state index in [-0.39, 0.29) is 24.2 Å². The number of hydrogen-bond donors (Lipinski definition) is 2. The predicted molar refractivity (Wildman–Crippen MR) is 151 cm³/mol. The van der Waals surface area contributed by atoms with Crippen molar-refractivity contribution in [3.05, 3.63) is 131 Å². The number of rotatable bonds is 13. The normalized spacial score (nSPS) is 10.8. The van der Waals surface area contributed by atoms with Crippen LogP contribution in [-0.4, -0.2) is 46.7 Å². The maximum absolute atomic E-state index is 13.6. The number of nitrogens with zero attached hydrogens (tertiary/aromatic N) is 1. The number of aliphatic carboxylic acids is 1. The summed E-state index contributed by atoms with van der Waals surface area (Å²) in [6, 6.07) is 34.5. The van der Waals surface area contributed by atoms with Crippen LogP contribution in [0.5, 0.6) is 11.5 Å². The first-order valence-corrected chi connectivity index (χ1v) is 13.1. The Morgan fingerprint density at radius 1 is 0.769 bits per heavy atom. The number of hydrogen-bond acceptors (Lipinski definition) is 4. The molecule has 0 bridgehead atoms. The molecule has 0 aliphatic heterocycles. The van der Waals surface area contributed by atoms with Gasteiger partial charge in [-0.25, -0.2) is 4.79 Å². The van der Waals surface area contributed by atoms with Gasteiger partial charge in [-0.1, -0.05) is 72.8 Å². The number of amides is 1. The number of phenolic OH excluding ortho intramolecular Hbond substituents is 1.